The Balaban J connectivity index is 1.77. The van der Waals surface area contributed by atoms with Crippen LogP contribution in [-0.2, 0) is 20.7 Å². The maximum atomic E-state index is 11.7. The second kappa shape index (κ2) is 8.55. The van der Waals surface area contributed by atoms with Crippen LogP contribution in [0.4, 0.5) is 5.69 Å². The van der Waals surface area contributed by atoms with Crippen LogP contribution in [0.25, 0.3) is 0 Å². The number of nitrogens with one attached hydrogen (secondary N) is 2. The van der Waals surface area contributed by atoms with Gasteiger partial charge in [0, 0.05) is 11.6 Å². The first-order valence-electron chi connectivity index (χ1n) is 6.98. The van der Waals surface area contributed by atoms with Crippen LogP contribution in [0.5, 0.6) is 0 Å². The number of carbonyl (C=O) groups is 3. The molecule has 1 aromatic heterocycles. The smallest absolute Gasteiger partial charge is 0.311 e. The number of ether oxygens (including phenoxy) is 1. The summed E-state index contributed by atoms with van der Waals surface area (Å²) in [5, 5.41) is 12.6. The molecular weight excluding hydrogens is 350 g/mol. The summed E-state index contributed by atoms with van der Waals surface area (Å²) >= 11 is 1.20. The van der Waals surface area contributed by atoms with Crippen LogP contribution in [0.3, 0.4) is 0 Å². The number of rotatable bonds is 6. The summed E-state index contributed by atoms with van der Waals surface area (Å²) in [5.41, 5.74) is 4.26. The van der Waals surface area contributed by atoms with Crippen LogP contribution < -0.4 is 10.9 Å². The van der Waals surface area contributed by atoms with Crippen LogP contribution in [0, 0.1) is 10.1 Å². The maximum absolute atomic E-state index is 11.7. The Labute approximate surface area is 145 Å². The van der Waals surface area contributed by atoms with Crippen molar-refractivity contribution in [2.75, 3.05) is 6.61 Å². The van der Waals surface area contributed by atoms with Gasteiger partial charge in [-0.3, -0.25) is 35.3 Å². The number of hydrogen-bond donors (Lipinski definition) is 2. The van der Waals surface area contributed by atoms with Gasteiger partial charge in [-0.2, -0.15) is 0 Å². The third-order valence-corrected chi connectivity index (χ3v) is 3.82. The topological polar surface area (TPSA) is 128 Å². The van der Waals surface area contributed by atoms with Crippen molar-refractivity contribution in [1.29, 1.82) is 0 Å². The first-order chi connectivity index (χ1) is 12.0. The highest BCUT2D eigenvalue weighted by molar-refractivity contribution is 7.12. The third kappa shape index (κ3) is 5.39. The van der Waals surface area contributed by atoms with Crippen LogP contribution >= 0.6 is 11.3 Å². The quantitative estimate of drug-likeness (QED) is 0.451. The van der Waals surface area contributed by atoms with E-state index in [0.29, 0.717) is 4.88 Å². The molecule has 2 aromatic rings. The van der Waals surface area contributed by atoms with Crippen molar-refractivity contribution >= 4 is 34.8 Å². The Morgan fingerprint density at radius 1 is 1.12 bits per heavy atom. The molecule has 25 heavy (non-hydrogen) atoms. The predicted molar refractivity (Wildman–Crippen MR) is 87.7 cm³/mol. The minimum absolute atomic E-state index is 0.184. The molecule has 1 aromatic carbocycles. The highest BCUT2D eigenvalue weighted by Crippen LogP contribution is 2.18. The van der Waals surface area contributed by atoms with Crippen molar-refractivity contribution in [3.8, 4) is 0 Å². The van der Waals surface area contributed by atoms with E-state index >= 15 is 0 Å². The monoisotopic (exact) mass is 363 g/mol. The standard InChI is InChI=1S/C15H13N3O6S/c19-13(16-17-15(21)12-6-3-7-25-12)9-24-14(20)8-10-4-1-2-5-11(10)18(22)23/h1-7H,8-9H2,(H,16,19)(H,17,21). The Morgan fingerprint density at radius 2 is 1.88 bits per heavy atom. The minimum atomic E-state index is -0.797. The van der Waals surface area contributed by atoms with Gasteiger partial charge in [-0.05, 0) is 11.4 Å². The second-order valence-electron chi connectivity index (χ2n) is 4.70. The number of esters is 1. The van der Waals surface area contributed by atoms with Crippen LogP contribution in [0.2, 0.25) is 0 Å². The molecule has 0 atom stereocenters. The van der Waals surface area contributed by atoms with E-state index < -0.39 is 29.3 Å². The van der Waals surface area contributed by atoms with Gasteiger partial charge in [-0.15, -0.1) is 11.3 Å². The van der Waals surface area contributed by atoms with Gasteiger partial charge in [-0.1, -0.05) is 24.3 Å². The molecule has 2 rings (SSSR count). The number of thiophene rings is 1. The van der Waals surface area contributed by atoms with Crippen LogP contribution in [0.15, 0.2) is 41.8 Å². The molecule has 1 heterocycles. The first kappa shape index (κ1) is 18.1. The highest BCUT2D eigenvalue weighted by Gasteiger charge is 2.17. The summed E-state index contributed by atoms with van der Waals surface area (Å²) < 4.78 is 4.74. The molecule has 0 aliphatic carbocycles. The number of para-hydroxylation sites is 1. The largest absolute Gasteiger partial charge is 0.455 e. The van der Waals surface area contributed by atoms with E-state index in [2.05, 4.69) is 10.9 Å². The van der Waals surface area contributed by atoms with Crippen molar-refractivity contribution < 1.29 is 24.0 Å². The average Bonchev–Trinajstić information content (AvgIpc) is 3.13. The summed E-state index contributed by atoms with van der Waals surface area (Å²) in [6.45, 7) is -0.621. The maximum Gasteiger partial charge on any atom is 0.311 e. The second-order valence-corrected chi connectivity index (χ2v) is 5.65. The zero-order valence-electron chi connectivity index (χ0n) is 12.8. The van der Waals surface area contributed by atoms with Gasteiger partial charge in [-0.25, -0.2) is 0 Å². The van der Waals surface area contributed by atoms with E-state index in [-0.39, 0.29) is 17.7 Å². The predicted octanol–water partition coefficient (Wildman–Crippen LogP) is 1.20. The molecule has 0 fully saturated rings. The highest BCUT2D eigenvalue weighted by atomic mass is 32.1. The minimum Gasteiger partial charge on any atom is -0.455 e. The summed E-state index contributed by atoms with van der Waals surface area (Å²) in [6, 6.07) is 9.01. The van der Waals surface area contributed by atoms with Crippen molar-refractivity contribution in [2.24, 2.45) is 0 Å². The first-order valence-corrected chi connectivity index (χ1v) is 7.86. The summed E-state index contributed by atoms with van der Waals surface area (Å²) in [4.78, 5) is 45.5. The number of amides is 2. The molecule has 0 saturated carbocycles. The average molecular weight is 363 g/mol. The molecule has 0 unspecified atom stereocenters. The van der Waals surface area contributed by atoms with E-state index in [0.717, 1.165) is 0 Å². The molecule has 2 amide bonds. The van der Waals surface area contributed by atoms with E-state index in [4.69, 9.17) is 4.74 Å². The Hall–Kier alpha value is -3.27. The Kier molecular flexibility index (Phi) is 6.18. The molecule has 9 nitrogen and oxygen atoms in total. The number of nitro groups is 1. The Morgan fingerprint density at radius 3 is 2.56 bits per heavy atom. The van der Waals surface area contributed by atoms with E-state index in [1.165, 1.54) is 29.5 Å². The lowest BCUT2D eigenvalue weighted by molar-refractivity contribution is -0.385. The fraction of sp³-hybridized carbons (Fsp3) is 0.133. The molecule has 0 aliphatic heterocycles. The van der Waals surface area contributed by atoms with Gasteiger partial charge in [0.05, 0.1) is 16.2 Å². The van der Waals surface area contributed by atoms with Crippen molar-refractivity contribution in [1.82, 2.24) is 10.9 Å². The van der Waals surface area contributed by atoms with Crippen molar-refractivity contribution in [3.05, 3.63) is 62.3 Å². The molecule has 0 aliphatic rings. The number of hydrazine groups is 1. The van der Waals surface area contributed by atoms with E-state index in [9.17, 15) is 24.5 Å². The Bertz CT molecular complexity index is 790. The van der Waals surface area contributed by atoms with Gasteiger partial charge >= 0.3 is 5.97 Å². The molecule has 130 valence electrons. The number of benzene rings is 1. The third-order valence-electron chi connectivity index (χ3n) is 2.95. The van der Waals surface area contributed by atoms with Gasteiger partial charge in [0.25, 0.3) is 17.5 Å². The fourth-order valence-corrected chi connectivity index (χ4v) is 2.44. The number of nitrogens with zero attached hydrogens (tertiary/aromatic N) is 1. The number of hydrogen-bond acceptors (Lipinski definition) is 7. The zero-order chi connectivity index (χ0) is 18.2. The number of nitro benzene ring substituents is 1. The lowest BCUT2D eigenvalue weighted by Gasteiger charge is -2.07. The van der Waals surface area contributed by atoms with Gasteiger partial charge in [0.1, 0.15) is 0 Å². The molecule has 10 heteroatoms. The summed E-state index contributed by atoms with van der Waals surface area (Å²) in [5.74, 6) is -2.02. The van der Waals surface area contributed by atoms with Crippen LogP contribution in [0.1, 0.15) is 15.2 Å². The van der Waals surface area contributed by atoms with Gasteiger partial charge < -0.3 is 4.74 Å². The molecule has 0 saturated heterocycles. The van der Waals surface area contributed by atoms with E-state index in [1.807, 2.05) is 0 Å². The zero-order valence-corrected chi connectivity index (χ0v) is 13.6. The molecular formula is C15H13N3O6S. The fourth-order valence-electron chi connectivity index (χ4n) is 1.82. The number of carbonyl (C=O) groups excluding carboxylic acids is 3. The normalized spacial score (nSPS) is 9.92. The molecule has 0 bridgehead atoms. The molecule has 0 radical (unpaired) electrons. The lowest BCUT2D eigenvalue weighted by atomic mass is 10.1. The van der Waals surface area contributed by atoms with Crippen LogP contribution in [-0.4, -0.2) is 29.3 Å². The summed E-state index contributed by atoms with van der Waals surface area (Å²) in [7, 11) is 0. The summed E-state index contributed by atoms with van der Waals surface area (Å²) in [6.07, 6.45) is -0.341. The SMILES string of the molecule is O=C(COC(=O)Cc1ccccc1[N+](=O)[O-])NNC(=O)c1cccs1. The lowest BCUT2D eigenvalue weighted by Crippen LogP contribution is -2.43. The van der Waals surface area contributed by atoms with Crippen molar-refractivity contribution in [3.63, 3.8) is 0 Å². The van der Waals surface area contributed by atoms with E-state index in [1.54, 1.807) is 23.6 Å². The van der Waals surface area contributed by atoms with Crippen molar-refractivity contribution in [2.45, 2.75) is 6.42 Å². The molecule has 2 N–H and O–H groups in total. The van der Waals surface area contributed by atoms with Gasteiger partial charge in [0.2, 0.25) is 0 Å². The van der Waals surface area contributed by atoms with Gasteiger partial charge in [0.15, 0.2) is 6.61 Å². The molecule has 0 spiro atoms.